The van der Waals surface area contributed by atoms with Crippen molar-refractivity contribution in [3.8, 4) is 0 Å². The lowest BCUT2D eigenvalue weighted by Crippen LogP contribution is -2.23. The molecule has 17 heavy (non-hydrogen) atoms. The molecule has 0 fully saturated rings. The molecule has 1 heterocycles. The molecule has 2 aromatic rings. The topological polar surface area (TPSA) is 65.2 Å². The van der Waals surface area contributed by atoms with Gasteiger partial charge >= 0.3 is 5.97 Å². The number of benzene rings is 1. The molecule has 4 nitrogen and oxygen atoms in total. The summed E-state index contributed by atoms with van der Waals surface area (Å²) < 4.78 is 4.89. The van der Waals surface area contributed by atoms with E-state index in [1.54, 1.807) is 19.2 Å². The molecule has 1 unspecified atom stereocenters. The number of nitrogens with two attached hydrogens (primary N) is 1. The summed E-state index contributed by atoms with van der Waals surface area (Å²) in [6.07, 6.45) is 1.73. The molecule has 1 aromatic carbocycles. The molecule has 4 heteroatoms. The first-order valence-electron chi connectivity index (χ1n) is 5.49. The van der Waals surface area contributed by atoms with Crippen molar-refractivity contribution in [3.63, 3.8) is 0 Å². The van der Waals surface area contributed by atoms with Gasteiger partial charge in [0, 0.05) is 11.6 Å². The summed E-state index contributed by atoms with van der Waals surface area (Å²) in [5.41, 5.74) is 7.44. The molecule has 0 saturated heterocycles. The molecule has 2 N–H and O–H groups in total. The number of hydrogen-bond acceptors (Lipinski definition) is 4. The molecule has 2 rings (SSSR count). The number of hydrogen-bond donors (Lipinski definition) is 1. The van der Waals surface area contributed by atoms with E-state index < -0.39 is 12.0 Å². The number of nitrogens with zero attached hydrogens (tertiary/aromatic N) is 1. The second kappa shape index (κ2) is 4.93. The Morgan fingerprint density at radius 2 is 2.29 bits per heavy atom. The minimum absolute atomic E-state index is 0.335. The highest BCUT2D eigenvalue weighted by molar-refractivity contribution is 5.83. The Bertz CT molecular complexity index is 540. The number of rotatable bonds is 3. The van der Waals surface area contributed by atoms with Crippen molar-refractivity contribution in [1.29, 1.82) is 0 Å². The SMILES string of the molecule is CCOC(=O)C(N)c1ccc2ncccc2c1. The summed E-state index contributed by atoms with van der Waals surface area (Å²) in [4.78, 5) is 15.7. The average Bonchev–Trinajstić information content (AvgIpc) is 2.37. The molecule has 0 aliphatic rings. The summed E-state index contributed by atoms with van der Waals surface area (Å²) in [5.74, 6) is -0.407. The predicted octanol–water partition coefficient (Wildman–Crippen LogP) is 1.80. The van der Waals surface area contributed by atoms with Crippen LogP contribution in [0.25, 0.3) is 10.9 Å². The molecule has 0 spiro atoms. The van der Waals surface area contributed by atoms with E-state index >= 15 is 0 Å². The molecular weight excluding hydrogens is 216 g/mol. The number of carbonyl (C=O) groups excluding carboxylic acids is 1. The van der Waals surface area contributed by atoms with Crippen LogP contribution in [0.15, 0.2) is 36.5 Å². The number of aromatic nitrogens is 1. The fourth-order valence-electron chi connectivity index (χ4n) is 1.66. The fraction of sp³-hybridized carbons (Fsp3) is 0.231. The van der Waals surface area contributed by atoms with Gasteiger partial charge in [0.1, 0.15) is 6.04 Å². The zero-order chi connectivity index (χ0) is 12.3. The quantitative estimate of drug-likeness (QED) is 0.816. The molecule has 0 aliphatic carbocycles. The van der Waals surface area contributed by atoms with E-state index in [1.807, 2.05) is 24.3 Å². The van der Waals surface area contributed by atoms with E-state index in [0.29, 0.717) is 6.61 Å². The van der Waals surface area contributed by atoms with Crippen LogP contribution in [-0.4, -0.2) is 17.6 Å². The molecule has 1 aromatic heterocycles. The standard InChI is InChI=1S/C13H14N2O2/c1-2-17-13(16)12(14)10-5-6-11-9(8-10)4-3-7-15-11/h3-8,12H,2,14H2,1H3. The lowest BCUT2D eigenvalue weighted by atomic mass is 10.1. The largest absolute Gasteiger partial charge is 0.465 e. The van der Waals surface area contributed by atoms with Crippen LogP contribution in [0, 0.1) is 0 Å². The van der Waals surface area contributed by atoms with E-state index in [1.165, 1.54) is 0 Å². The Labute approximate surface area is 99.4 Å². The van der Waals surface area contributed by atoms with Crippen molar-refractivity contribution in [2.45, 2.75) is 13.0 Å². The summed E-state index contributed by atoms with van der Waals surface area (Å²) in [6, 6.07) is 8.57. The molecule has 0 radical (unpaired) electrons. The minimum atomic E-state index is -0.737. The van der Waals surface area contributed by atoms with Gasteiger partial charge in [0.2, 0.25) is 0 Å². The fourth-order valence-corrected chi connectivity index (χ4v) is 1.66. The average molecular weight is 230 g/mol. The maximum atomic E-state index is 11.5. The molecule has 0 saturated carbocycles. The molecule has 0 aliphatic heterocycles. The normalized spacial score (nSPS) is 12.4. The van der Waals surface area contributed by atoms with Crippen LogP contribution in [0.3, 0.4) is 0 Å². The molecule has 88 valence electrons. The Morgan fingerprint density at radius 3 is 3.06 bits per heavy atom. The van der Waals surface area contributed by atoms with Crippen LogP contribution in [0.4, 0.5) is 0 Å². The number of carbonyl (C=O) groups is 1. The molecule has 0 bridgehead atoms. The second-order valence-corrected chi connectivity index (χ2v) is 3.69. The summed E-state index contributed by atoms with van der Waals surface area (Å²) in [7, 11) is 0. The van der Waals surface area contributed by atoms with E-state index in [9.17, 15) is 4.79 Å². The first-order chi connectivity index (χ1) is 8.22. The third-order valence-electron chi connectivity index (χ3n) is 2.53. The number of esters is 1. The van der Waals surface area contributed by atoms with Crippen molar-refractivity contribution < 1.29 is 9.53 Å². The number of fused-ring (bicyclic) bond motifs is 1. The van der Waals surface area contributed by atoms with Gasteiger partial charge in [-0.15, -0.1) is 0 Å². The highest BCUT2D eigenvalue weighted by Crippen LogP contribution is 2.18. The van der Waals surface area contributed by atoms with Crippen molar-refractivity contribution in [1.82, 2.24) is 4.98 Å². The van der Waals surface area contributed by atoms with Crippen molar-refractivity contribution in [3.05, 3.63) is 42.1 Å². The van der Waals surface area contributed by atoms with Crippen molar-refractivity contribution >= 4 is 16.9 Å². The molecular formula is C13H14N2O2. The summed E-state index contributed by atoms with van der Waals surface area (Å²) in [6.45, 7) is 2.09. The van der Waals surface area contributed by atoms with E-state index in [0.717, 1.165) is 16.5 Å². The van der Waals surface area contributed by atoms with E-state index in [4.69, 9.17) is 10.5 Å². The lowest BCUT2D eigenvalue weighted by molar-refractivity contribution is -0.144. The third kappa shape index (κ3) is 2.42. The van der Waals surface area contributed by atoms with Gasteiger partial charge in [-0.25, -0.2) is 4.79 Å². The molecule has 1 atom stereocenters. The van der Waals surface area contributed by atoms with Gasteiger partial charge in [-0.05, 0) is 30.7 Å². The van der Waals surface area contributed by atoms with E-state index in [-0.39, 0.29) is 0 Å². The van der Waals surface area contributed by atoms with Crippen LogP contribution >= 0.6 is 0 Å². The Morgan fingerprint density at radius 1 is 1.47 bits per heavy atom. The number of ether oxygens (including phenoxy) is 1. The van der Waals surface area contributed by atoms with Gasteiger partial charge in [0.15, 0.2) is 0 Å². The van der Waals surface area contributed by atoms with Crippen molar-refractivity contribution in [2.24, 2.45) is 5.73 Å². The molecule has 0 amide bonds. The van der Waals surface area contributed by atoms with Crippen LogP contribution in [0.2, 0.25) is 0 Å². The predicted molar refractivity (Wildman–Crippen MR) is 65.3 cm³/mol. The van der Waals surface area contributed by atoms with Gasteiger partial charge < -0.3 is 10.5 Å². The lowest BCUT2D eigenvalue weighted by Gasteiger charge is -2.11. The maximum Gasteiger partial charge on any atom is 0.327 e. The minimum Gasteiger partial charge on any atom is -0.465 e. The second-order valence-electron chi connectivity index (χ2n) is 3.69. The Kier molecular flexibility index (Phi) is 3.35. The van der Waals surface area contributed by atoms with Gasteiger partial charge in [0.25, 0.3) is 0 Å². The first-order valence-corrected chi connectivity index (χ1v) is 5.49. The highest BCUT2D eigenvalue weighted by atomic mass is 16.5. The maximum absolute atomic E-state index is 11.5. The summed E-state index contributed by atoms with van der Waals surface area (Å²) >= 11 is 0. The first kappa shape index (κ1) is 11.5. The van der Waals surface area contributed by atoms with Crippen LogP contribution < -0.4 is 5.73 Å². The number of pyridine rings is 1. The van der Waals surface area contributed by atoms with Crippen LogP contribution in [0.1, 0.15) is 18.5 Å². The summed E-state index contributed by atoms with van der Waals surface area (Å²) in [5, 5.41) is 0.963. The van der Waals surface area contributed by atoms with Gasteiger partial charge in [-0.3, -0.25) is 4.98 Å². The van der Waals surface area contributed by atoms with Crippen LogP contribution in [0.5, 0.6) is 0 Å². The van der Waals surface area contributed by atoms with Crippen LogP contribution in [-0.2, 0) is 9.53 Å². The zero-order valence-corrected chi connectivity index (χ0v) is 9.59. The van der Waals surface area contributed by atoms with Gasteiger partial charge in [0.05, 0.1) is 12.1 Å². The van der Waals surface area contributed by atoms with Gasteiger partial charge in [-0.1, -0.05) is 12.1 Å². The van der Waals surface area contributed by atoms with Crippen molar-refractivity contribution in [2.75, 3.05) is 6.61 Å². The monoisotopic (exact) mass is 230 g/mol. The highest BCUT2D eigenvalue weighted by Gasteiger charge is 2.16. The Balaban J connectivity index is 2.32. The zero-order valence-electron chi connectivity index (χ0n) is 9.59. The smallest absolute Gasteiger partial charge is 0.327 e. The van der Waals surface area contributed by atoms with E-state index in [2.05, 4.69) is 4.98 Å². The van der Waals surface area contributed by atoms with Gasteiger partial charge in [-0.2, -0.15) is 0 Å². The Hall–Kier alpha value is -1.94. The third-order valence-corrected chi connectivity index (χ3v) is 2.53.